The van der Waals surface area contributed by atoms with Gasteiger partial charge in [-0.1, -0.05) is 6.07 Å². The lowest BCUT2D eigenvalue weighted by atomic mass is 10.1. The Morgan fingerprint density at radius 1 is 1.11 bits per heavy atom. The number of fused-ring (bicyclic) bond motifs is 1. The summed E-state index contributed by atoms with van der Waals surface area (Å²) in [6.07, 6.45) is 2.41. The van der Waals surface area contributed by atoms with Crippen molar-refractivity contribution >= 4 is 34.1 Å². The van der Waals surface area contributed by atoms with Crippen LogP contribution in [0.25, 0.3) is 10.9 Å². The Bertz CT molecular complexity index is 998. The second kappa shape index (κ2) is 7.05. The lowest BCUT2D eigenvalue weighted by Gasteiger charge is -2.19. The molecule has 1 aliphatic rings. The van der Waals surface area contributed by atoms with Gasteiger partial charge >= 0.3 is 0 Å². The van der Waals surface area contributed by atoms with E-state index in [1.54, 1.807) is 40.8 Å². The molecule has 3 aromatic rings. The molecule has 0 saturated carbocycles. The van der Waals surface area contributed by atoms with Crippen LogP contribution >= 0.6 is 0 Å². The fraction of sp³-hybridized carbons (Fsp3) is 0.150. The molecule has 0 radical (unpaired) electrons. The number of hydroxylamine groups is 1. The van der Waals surface area contributed by atoms with E-state index in [1.165, 1.54) is 0 Å². The third-order valence-electron chi connectivity index (χ3n) is 4.71. The van der Waals surface area contributed by atoms with E-state index in [1.807, 2.05) is 30.3 Å². The summed E-state index contributed by atoms with van der Waals surface area (Å²) >= 11 is 0. The highest BCUT2D eigenvalue weighted by Crippen LogP contribution is 2.30. The van der Waals surface area contributed by atoms with Crippen LogP contribution in [0.15, 0.2) is 60.8 Å². The van der Waals surface area contributed by atoms with Gasteiger partial charge in [0, 0.05) is 29.4 Å². The largest absolute Gasteiger partial charge is 0.374 e. The summed E-state index contributed by atoms with van der Waals surface area (Å²) in [6, 6.07) is 15.9. The van der Waals surface area contributed by atoms with E-state index in [0.717, 1.165) is 22.3 Å². The van der Waals surface area contributed by atoms with Crippen molar-refractivity contribution in [3.05, 3.63) is 66.4 Å². The topological polar surface area (TPSA) is 94.6 Å². The third-order valence-corrected chi connectivity index (χ3v) is 4.71. The molecule has 0 aliphatic carbocycles. The maximum Gasteiger partial charge on any atom is 0.274 e. The number of anilines is 2. The standard InChI is InChI=1S/C20H18N4O3/c25-19(23-27)13-6-8-14(9-7-13)22-17-10-12-24(20(17)26)18-5-1-4-16-15(18)3-2-11-21-16/h1-9,11,17,22,27H,10,12H2,(H,23,25). The number of aromatic nitrogens is 1. The van der Waals surface area contributed by atoms with Gasteiger partial charge in [-0.05, 0) is 55.0 Å². The molecule has 136 valence electrons. The zero-order chi connectivity index (χ0) is 18.8. The Kier molecular flexibility index (Phi) is 4.43. The number of amides is 2. The van der Waals surface area contributed by atoms with Gasteiger partial charge < -0.3 is 10.2 Å². The minimum atomic E-state index is -0.575. The van der Waals surface area contributed by atoms with Crippen molar-refractivity contribution in [3.63, 3.8) is 0 Å². The summed E-state index contributed by atoms with van der Waals surface area (Å²) in [7, 11) is 0. The van der Waals surface area contributed by atoms with Gasteiger partial charge in [0.25, 0.3) is 5.91 Å². The molecule has 1 fully saturated rings. The minimum absolute atomic E-state index is 0.00327. The van der Waals surface area contributed by atoms with Crippen LogP contribution in [0.4, 0.5) is 11.4 Å². The second-order valence-electron chi connectivity index (χ2n) is 6.34. The first-order valence-electron chi connectivity index (χ1n) is 8.63. The molecule has 2 aromatic carbocycles. The Labute approximate surface area is 155 Å². The van der Waals surface area contributed by atoms with E-state index < -0.39 is 5.91 Å². The van der Waals surface area contributed by atoms with Crippen LogP contribution < -0.4 is 15.7 Å². The van der Waals surface area contributed by atoms with E-state index in [0.29, 0.717) is 18.5 Å². The quantitative estimate of drug-likeness (QED) is 0.490. The van der Waals surface area contributed by atoms with Gasteiger partial charge in [0.05, 0.1) is 11.2 Å². The zero-order valence-electron chi connectivity index (χ0n) is 14.4. The molecule has 27 heavy (non-hydrogen) atoms. The van der Waals surface area contributed by atoms with Gasteiger partial charge in [0.1, 0.15) is 6.04 Å². The normalized spacial score (nSPS) is 16.6. The molecule has 1 atom stereocenters. The molecule has 1 unspecified atom stereocenters. The molecule has 7 heteroatoms. The van der Waals surface area contributed by atoms with Crippen LogP contribution in [0.3, 0.4) is 0 Å². The highest BCUT2D eigenvalue weighted by atomic mass is 16.5. The molecule has 0 spiro atoms. The van der Waals surface area contributed by atoms with Gasteiger partial charge in [0.15, 0.2) is 0 Å². The van der Waals surface area contributed by atoms with Crippen LogP contribution in [-0.4, -0.2) is 34.6 Å². The summed E-state index contributed by atoms with van der Waals surface area (Å²) in [5.74, 6) is -0.572. The molecule has 1 aliphatic heterocycles. The van der Waals surface area contributed by atoms with Gasteiger partial charge in [0.2, 0.25) is 5.91 Å². The molecule has 2 amide bonds. The molecular formula is C20H18N4O3. The summed E-state index contributed by atoms with van der Waals surface area (Å²) < 4.78 is 0. The van der Waals surface area contributed by atoms with Crippen molar-refractivity contribution in [3.8, 4) is 0 Å². The van der Waals surface area contributed by atoms with Gasteiger partial charge in [-0.15, -0.1) is 0 Å². The smallest absolute Gasteiger partial charge is 0.274 e. The number of carbonyl (C=O) groups excluding carboxylic acids is 2. The van der Waals surface area contributed by atoms with Crippen molar-refractivity contribution in [2.45, 2.75) is 12.5 Å². The molecule has 3 N–H and O–H groups in total. The number of nitrogens with one attached hydrogen (secondary N) is 2. The van der Waals surface area contributed by atoms with Crippen molar-refractivity contribution in [2.75, 3.05) is 16.8 Å². The summed E-state index contributed by atoms with van der Waals surface area (Å²) in [6.45, 7) is 0.621. The molecule has 2 heterocycles. The molecule has 4 rings (SSSR count). The summed E-state index contributed by atoms with van der Waals surface area (Å²) in [4.78, 5) is 30.4. The Morgan fingerprint density at radius 3 is 2.70 bits per heavy atom. The van der Waals surface area contributed by atoms with Gasteiger partial charge in [-0.25, -0.2) is 5.48 Å². The number of rotatable bonds is 4. The number of nitrogens with zero attached hydrogens (tertiary/aromatic N) is 2. The van der Waals surface area contributed by atoms with Gasteiger partial charge in [-0.3, -0.25) is 19.8 Å². The molecule has 1 saturated heterocycles. The fourth-order valence-corrected chi connectivity index (χ4v) is 3.36. The predicted octanol–water partition coefficient (Wildman–Crippen LogP) is 2.57. The van der Waals surface area contributed by atoms with Gasteiger partial charge in [-0.2, -0.15) is 0 Å². The van der Waals surface area contributed by atoms with Crippen molar-refractivity contribution < 1.29 is 14.8 Å². The van der Waals surface area contributed by atoms with Crippen LogP contribution in [0, 0.1) is 0 Å². The predicted molar refractivity (Wildman–Crippen MR) is 102 cm³/mol. The van der Waals surface area contributed by atoms with E-state index in [4.69, 9.17) is 5.21 Å². The minimum Gasteiger partial charge on any atom is -0.374 e. The highest BCUT2D eigenvalue weighted by molar-refractivity contribution is 6.07. The van der Waals surface area contributed by atoms with E-state index in [2.05, 4.69) is 10.3 Å². The lowest BCUT2D eigenvalue weighted by molar-refractivity contribution is -0.117. The first-order chi connectivity index (χ1) is 13.2. The van der Waals surface area contributed by atoms with Crippen LogP contribution in [-0.2, 0) is 4.79 Å². The van der Waals surface area contributed by atoms with Crippen molar-refractivity contribution in [1.29, 1.82) is 0 Å². The molecule has 0 bridgehead atoms. The van der Waals surface area contributed by atoms with E-state index in [-0.39, 0.29) is 11.9 Å². The number of carbonyl (C=O) groups is 2. The van der Waals surface area contributed by atoms with Crippen LogP contribution in [0.2, 0.25) is 0 Å². The van der Waals surface area contributed by atoms with Crippen LogP contribution in [0.5, 0.6) is 0 Å². The summed E-state index contributed by atoms with van der Waals surface area (Å²) in [5, 5.41) is 12.8. The second-order valence-corrected chi connectivity index (χ2v) is 6.34. The lowest BCUT2D eigenvalue weighted by Crippen LogP contribution is -2.33. The van der Waals surface area contributed by atoms with Crippen molar-refractivity contribution in [1.82, 2.24) is 10.5 Å². The first kappa shape index (κ1) is 17.0. The average Bonchev–Trinajstić information content (AvgIpc) is 3.07. The Balaban J connectivity index is 1.52. The number of benzene rings is 2. The van der Waals surface area contributed by atoms with E-state index in [9.17, 15) is 9.59 Å². The number of pyridine rings is 1. The molecular weight excluding hydrogens is 344 g/mol. The molecule has 1 aromatic heterocycles. The number of hydrogen-bond donors (Lipinski definition) is 3. The first-order valence-corrected chi connectivity index (χ1v) is 8.63. The van der Waals surface area contributed by atoms with Crippen molar-refractivity contribution in [2.24, 2.45) is 0 Å². The van der Waals surface area contributed by atoms with E-state index >= 15 is 0 Å². The Hall–Kier alpha value is -3.45. The monoisotopic (exact) mass is 362 g/mol. The maximum atomic E-state index is 12.9. The van der Waals surface area contributed by atoms with Crippen LogP contribution in [0.1, 0.15) is 16.8 Å². The fourth-order valence-electron chi connectivity index (χ4n) is 3.36. The highest BCUT2D eigenvalue weighted by Gasteiger charge is 2.33. The molecule has 7 nitrogen and oxygen atoms in total. The summed E-state index contributed by atoms with van der Waals surface area (Å²) in [5.41, 5.74) is 4.40. The number of hydrogen-bond acceptors (Lipinski definition) is 5. The SMILES string of the molecule is O=C(NO)c1ccc(NC2CCN(c3cccc4ncccc34)C2=O)cc1. The zero-order valence-corrected chi connectivity index (χ0v) is 14.4. The third kappa shape index (κ3) is 3.20. The Morgan fingerprint density at radius 2 is 1.93 bits per heavy atom. The maximum absolute atomic E-state index is 12.9. The average molecular weight is 362 g/mol.